The Balaban J connectivity index is 1.63. The van der Waals surface area contributed by atoms with Gasteiger partial charge in [-0.3, -0.25) is 14.4 Å². The van der Waals surface area contributed by atoms with E-state index >= 15 is 0 Å². The van der Waals surface area contributed by atoms with E-state index < -0.39 is 0 Å². The van der Waals surface area contributed by atoms with E-state index in [0.717, 1.165) is 12.0 Å². The molecule has 3 rings (SSSR count). The van der Waals surface area contributed by atoms with E-state index in [9.17, 15) is 14.4 Å². The molecule has 7 heteroatoms. The Bertz CT molecular complexity index is 868. The zero-order chi connectivity index (χ0) is 20.8. The van der Waals surface area contributed by atoms with E-state index in [1.807, 2.05) is 19.9 Å². The second-order valence-corrected chi connectivity index (χ2v) is 7.32. The van der Waals surface area contributed by atoms with Gasteiger partial charge in [-0.05, 0) is 56.0 Å². The van der Waals surface area contributed by atoms with Gasteiger partial charge < -0.3 is 20.0 Å². The molecule has 1 aliphatic heterocycles. The van der Waals surface area contributed by atoms with E-state index in [1.165, 1.54) is 6.26 Å². The number of benzene rings is 1. The highest BCUT2D eigenvalue weighted by molar-refractivity contribution is 6.04. The van der Waals surface area contributed by atoms with Crippen LogP contribution < -0.4 is 10.6 Å². The number of furan rings is 1. The minimum atomic E-state index is -0.360. The largest absolute Gasteiger partial charge is 0.459 e. The minimum Gasteiger partial charge on any atom is -0.459 e. The summed E-state index contributed by atoms with van der Waals surface area (Å²) < 4.78 is 5.11. The Morgan fingerprint density at radius 3 is 2.59 bits per heavy atom. The summed E-state index contributed by atoms with van der Waals surface area (Å²) >= 11 is 0. The molecule has 2 aromatic rings. The molecule has 0 unspecified atom stereocenters. The average molecular weight is 397 g/mol. The summed E-state index contributed by atoms with van der Waals surface area (Å²) in [5, 5.41) is 5.73. The number of anilines is 1. The molecule has 3 amide bonds. The van der Waals surface area contributed by atoms with Crippen molar-refractivity contribution in [1.29, 1.82) is 0 Å². The van der Waals surface area contributed by atoms with E-state index in [4.69, 9.17) is 4.42 Å². The van der Waals surface area contributed by atoms with Crippen LogP contribution in [0, 0.1) is 12.8 Å². The van der Waals surface area contributed by atoms with Gasteiger partial charge in [0.25, 0.3) is 11.8 Å². The normalized spacial score (nSPS) is 14.5. The SMILES string of the molecule is CCCNC(=O)C1CCN(C(=O)c2ccc(C)c(NC(=O)c3ccco3)c2)CC1. The summed E-state index contributed by atoms with van der Waals surface area (Å²) in [7, 11) is 0. The lowest BCUT2D eigenvalue weighted by molar-refractivity contribution is -0.126. The zero-order valence-electron chi connectivity index (χ0n) is 16.9. The van der Waals surface area contributed by atoms with Crippen LogP contribution in [0.1, 0.15) is 52.7 Å². The third-order valence-corrected chi connectivity index (χ3v) is 5.18. The molecule has 1 aromatic heterocycles. The van der Waals surface area contributed by atoms with Crippen molar-refractivity contribution in [1.82, 2.24) is 10.2 Å². The average Bonchev–Trinajstić information content (AvgIpc) is 3.28. The standard InChI is InChI=1S/C22H27N3O4/c1-3-10-23-20(26)16-8-11-25(12-9-16)22(28)17-7-6-15(2)18(14-17)24-21(27)19-5-4-13-29-19/h4-7,13-14,16H,3,8-12H2,1-2H3,(H,23,26)(H,24,27). The molecule has 2 N–H and O–H groups in total. The molecule has 7 nitrogen and oxygen atoms in total. The Morgan fingerprint density at radius 1 is 1.17 bits per heavy atom. The molecule has 29 heavy (non-hydrogen) atoms. The summed E-state index contributed by atoms with van der Waals surface area (Å²) in [5.74, 6) is -0.193. The molecule has 2 heterocycles. The van der Waals surface area contributed by atoms with E-state index in [0.29, 0.717) is 43.7 Å². The predicted molar refractivity (Wildman–Crippen MR) is 110 cm³/mol. The maximum Gasteiger partial charge on any atom is 0.291 e. The molecule has 1 aromatic carbocycles. The lowest BCUT2D eigenvalue weighted by Crippen LogP contribution is -2.43. The summed E-state index contributed by atoms with van der Waals surface area (Å²) in [6.07, 6.45) is 3.67. The lowest BCUT2D eigenvalue weighted by atomic mass is 9.95. The first kappa shape index (κ1) is 20.6. The molecule has 0 atom stereocenters. The number of amides is 3. The van der Waals surface area contributed by atoms with Crippen molar-refractivity contribution in [3.8, 4) is 0 Å². The molecule has 0 saturated carbocycles. The third kappa shape index (κ3) is 5.04. The van der Waals surface area contributed by atoms with Gasteiger partial charge in [-0.2, -0.15) is 0 Å². The Kier molecular flexibility index (Phi) is 6.69. The molecule has 1 aliphatic rings. The van der Waals surface area contributed by atoms with Crippen molar-refractivity contribution in [3.63, 3.8) is 0 Å². The lowest BCUT2D eigenvalue weighted by Gasteiger charge is -2.31. The van der Waals surface area contributed by atoms with Gasteiger partial charge in [0.2, 0.25) is 5.91 Å². The highest BCUT2D eigenvalue weighted by atomic mass is 16.3. The van der Waals surface area contributed by atoms with Crippen LogP contribution in [0.2, 0.25) is 0 Å². The van der Waals surface area contributed by atoms with E-state index in [-0.39, 0.29) is 29.4 Å². The van der Waals surface area contributed by atoms with Gasteiger partial charge in [-0.15, -0.1) is 0 Å². The maximum atomic E-state index is 12.9. The maximum absolute atomic E-state index is 12.9. The number of rotatable bonds is 6. The molecule has 0 bridgehead atoms. The van der Waals surface area contributed by atoms with Crippen LogP contribution in [0.4, 0.5) is 5.69 Å². The molecule has 0 spiro atoms. The molecular formula is C22H27N3O4. The van der Waals surface area contributed by atoms with Crippen LogP contribution in [0.3, 0.4) is 0 Å². The fraction of sp³-hybridized carbons (Fsp3) is 0.409. The van der Waals surface area contributed by atoms with Crippen molar-refractivity contribution in [2.75, 3.05) is 25.0 Å². The minimum absolute atomic E-state index is 0.0354. The van der Waals surface area contributed by atoms with Crippen LogP contribution in [-0.2, 0) is 4.79 Å². The first-order valence-electron chi connectivity index (χ1n) is 10.0. The summed E-state index contributed by atoms with van der Waals surface area (Å²) in [6.45, 7) is 5.67. The number of hydrogen-bond acceptors (Lipinski definition) is 4. The molecule has 1 fully saturated rings. The summed E-state index contributed by atoms with van der Waals surface area (Å²) in [4.78, 5) is 39.1. The number of piperidine rings is 1. The topological polar surface area (TPSA) is 91.7 Å². The third-order valence-electron chi connectivity index (χ3n) is 5.18. The second kappa shape index (κ2) is 9.41. The van der Waals surface area contributed by atoms with Gasteiger partial charge in [0.15, 0.2) is 5.76 Å². The molecule has 154 valence electrons. The van der Waals surface area contributed by atoms with E-state index in [2.05, 4.69) is 10.6 Å². The predicted octanol–water partition coefficient (Wildman–Crippen LogP) is 3.22. The van der Waals surface area contributed by atoms with Gasteiger partial charge in [-0.1, -0.05) is 13.0 Å². The highest BCUT2D eigenvalue weighted by Crippen LogP contribution is 2.23. The number of likely N-dealkylation sites (tertiary alicyclic amines) is 1. The summed E-state index contributed by atoms with van der Waals surface area (Å²) in [5.41, 5.74) is 1.94. The molecule has 0 aliphatic carbocycles. The smallest absolute Gasteiger partial charge is 0.291 e. The number of carbonyl (C=O) groups excluding carboxylic acids is 3. The fourth-order valence-electron chi connectivity index (χ4n) is 3.40. The number of nitrogens with one attached hydrogen (secondary N) is 2. The van der Waals surface area contributed by atoms with Gasteiger partial charge in [0, 0.05) is 36.8 Å². The van der Waals surface area contributed by atoms with Crippen LogP contribution in [-0.4, -0.2) is 42.3 Å². The quantitative estimate of drug-likeness (QED) is 0.783. The highest BCUT2D eigenvalue weighted by Gasteiger charge is 2.27. The Hall–Kier alpha value is -3.09. The first-order valence-corrected chi connectivity index (χ1v) is 10.0. The zero-order valence-corrected chi connectivity index (χ0v) is 16.9. The van der Waals surface area contributed by atoms with Gasteiger partial charge in [0.1, 0.15) is 0 Å². The number of nitrogens with zero attached hydrogens (tertiary/aromatic N) is 1. The van der Waals surface area contributed by atoms with Crippen LogP contribution in [0.25, 0.3) is 0 Å². The summed E-state index contributed by atoms with van der Waals surface area (Å²) in [6, 6.07) is 8.50. The first-order chi connectivity index (χ1) is 14.0. The number of hydrogen-bond donors (Lipinski definition) is 2. The molecular weight excluding hydrogens is 370 g/mol. The van der Waals surface area contributed by atoms with Crippen molar-refractivity contribution in [2.45, 2.75) is 33.1 Å². The molecule has 0 radical (unpaired) electrons. The van der Waals surface area contributed by atoms with Crippen LogP contribution in [0.15, 0.2) is 41.0 Å². The molecule has 1 saturated heterocycles. The van der Waals surface area contributed by atoms with Gasteiger partial charge >= 0.3 is 0 Å². The number of carbonyl (C=O) groups is 3. The van der Waals surface area contributed by atoms with Crippen molar-refractivity contribution in [3.05, 3.63) is 53.5 Å². The second-order valence-electron chi connectivity index (χ2n) is 7.32. The van der Waals surface area contributed by atoms with Gasteiger partial charge in [-0.25, -0.2) is 0 Å². The van der Waals surface area contributed by atoms with E-state index in [1.54, 1.807) is 29.2 Å². The number of aryl methyl sites for hydroxylation is 1. The van der Waals surface area contributed by atoms with Crippen molar-refractivity contribution in [2.24, 2.45) is 5.92 Å². The van der Waals surface area contributed by atoms with Crippen molar-refractivity contribution < 1.29 is 18.8 Å². The van der Waals surface area contributed by atoms with Gasteiger partial charge in [0.05, 0.1) is 6.26 Å². The fourth-order valence-corrected chi connectivity index (χ4v) is 3.40. The van der Waals surface area contributed by atoms with Crippen LogP contribution >= 0.6 is 0 Å². The Morgan fingerprint density at radius 2 is 1.93 bits per heavy atom. The van der Waals surface area contributed by atoms with Crippen molar-refractivity contribution >= 4 is 23.4 Å². The monoisotopic (exact) mass is 397 g/mol. The van der Waals surface area contributed by atoms with Crippen LogP contribution in [0.5, 0.6) is 0 Å². The Labute approximate surface area is 170 Å².